The molecule has 1 N–H and O–H groups in total. The predicted octanol–water partition coefficient (Wildman–Crippen LogP) is 3.75. The van der Waals surface area contributed by atoms with Crippen LogP contribution in [0.4, 0.5) is 0 Å². The Morgan fingerprint density at radius 3 is 2.95 bits per heavy atom. The molecule has 0 amide bonds. The first kappa shape index (κ1) is 12.5. The average molecular weight is 274 g/mol. The summed E-state index contributed by atoms with van der Waals surface area (Å²) in [6, 6.07) is 4.36. The van der Waals surface area contributed by atoms with Crippen LogP contribution >= 0.6 is 12.2 Å². The van der Waals surface area contributed by atoms with Crippen molar-refractivity contribution >= 4 is 12.2 Å². The van der Waals surface area contributed by atoms with Crippen molar-refractivity contribution in [1.82, 2.24) is 19.7 Å². The van der Waals surface area contributed by atoms with Crippen LogP contribution in [0, 0.1) is 10.2 Å². The third-order valence-electron chi connectivity index (χ3n) is 4.14. The highest BCUT2D eigenvalue weighted by molar-refractivity contribution is 7.71. The van der Waals surface area contributed by atoms with E-state index in [2.05, 4.69) is 33.6 Å². The highest BCUT2D eigenvalue weighted by Crippen LogP contribution is 2.47. The number of pyridine rings is 1. The molecule has 0 aromatic carbocycles. The van der Waals surface area contributed by atoms with E-state index in [9.17, 15) is 0 Å². The fraction of sp³-hybridized carbons (Fsp3) is 0.500. The van der Waals surface area contributed by atoms with Crippen LogP contribution in [0.5, 0.6) is 0 Å². The van der Waals surface area contributed by atoms with Crippen LogP contribution in [0.1, 0.15) is 39.2 Å². The van der Waals surface area contributed by atoms with Crippen molar-refractivity contribution in [2.75, 3.05) is 0 Å². The van der Waals surface area contributed by atoms with Gasteiger partial charge in [0.05, 0.1) is 0 Å². The van der Waals surface area contributed by atoms with E-state index >= 15 is 0 Å². The molecule has 0 bridgehead atoms. The smallest absolute Gasteiger partial charge is 0.195 e. The molecule has 5 heteroatoms. The van der Waals surface area contributed by atoms with E-state index in [1.165, 1.54) is 12.8 Å². The first-order chi connectivity index (χ1) is 9.09. The van der Waals surface area contributed by atoms with E-state index in [0.717, 1.165) is 17.8 Å². The van der Waals surface area contributed by atoms with Crippen LogP contribution in [-0.4, -0.2) is 19.7 Å². The highest BCUT2D eigenvalue weighted by Gasteiger charge is 2.37. The Morgan fingerprint density at radius 1 is 1.47 bits per heavy atom. The number of hydrogen-bond acceptors (Lipinski definition) is 3. The minimum absolute atomic E-state index is 0.263. The first-order valence-electron chi connectivity index (χ1n) is 6.67. The lowest BCUT2D eigenvalue weighted by Crippen LogP contribution is -2.22. The molecule has 3 rings (SSSR count). The lowest BCUT2D eigenvalue weighted by atomic mass is 9.87. The van der Waals surface area contributed by atoms with Crippen molar-refractivity contribution in [3.8, 4) is 11.4 Å². The molecule has 4 nitrogen and oxygen atoms in total. The molecular weight excluding hydrogens is 256 g/mol. The summed E-state index contributed by atoms with van der Waals surface area (Å²) in [5, 5.41) is 7.34. The number of nitrogens with zero attached hydrogens (tertiary/aromatic N) is 3. The monoisotopic (exact) mass is 274 g/mol. The number of hydrogen-bond donors (Lipinski definition) is 1. The summed E-state index contributed by atoms with van der Waals surface area (Å²) in [5.74, 6) is 0.901. The Balaban J connectivity index is 2.12. The quantitative estimate of drug-likeness (QED) is 0.848. The van der Waals surface area contributed by atoms with Crippen molar-refractivity contribution in [3.05, 3.63) is 29.3 Å². The number of nitrogens with one attached hydrogen (secondary N) is 1. The summed E-state index contributed by atoms with van der Waals surface area (Å²) in [5.41, 5.74) is 1.27. The zero-order valence-electron chi connectivity index (χ0n) is 11.3. The minimum atomic E-state index is 0.263. The van der Waals surface area contributed by atoms with Gasteiger partial charge in [0.2, 0.25) is 0 Å². The summed E-state index contributed by atoms with van der Waals surface area (Å²) < 4.78 is 2.89. The first-order valence-corrected chi connectivity index (χ1v) is 7.08. The summed E-state index contributed by atoms with van der Waals surface area (Å²) in [6.07, 6.45) is 7.25. The zero-order valence-corrected chi connectivity index (χ0v) is 12.1. The van der Waals surface area contributed by atoms with Gasteiger partial charge in [0.15, 0.2) is 10.6 Å². The predicted molar refractivity (Wildman–Crippen MR) is 77.3 cm³/mol. The fourth-order valence-electron chi connectivity index (χ4n) is 3.08. The van der Waals surface area contributed by atoms with Crippen molar-refractivity contribution in [2.45, 2.75) is 39.2 Å². The molecule has 1 aliphatic rings. The third kappa shape index (κ3) is 2.12. The highest BCUT2D eigenvalue weighted by atomic mass is 32.1. The molecule has 100 valence electrons. The van der Waals surface area contributed by atoms with E-state index < -0.39 is 0 Å². The van der Waals surface area contributed by atoms with Crippen LogP contribution < -0.4 is 0 Å². The van der Waals surface area contributed by atoms with Crippen LogP contribution in [-0.2, 0) is 0 Å². The molecule has 1 saturated carbocycles. The van der Waals surface area contributed by atoms with Gasteiger partial charge < -0.3 is 0 Å². The Labute approximate surface area is 117 Å². The van der Waals surface area contributed by atoms with E-state index in [1.807, 2.05) is 18.3 Å². The van der Waals surface area contributed by atoms with Crippen LogP contribution in [0.3, 0.4) is 0 Å². The molecule has 1 unspecified atom stereocenters. The molecule has 2 heterocycles. The number of aromatic amines is 1. The van der Waals surface area contributed by atoms with Gasteiger partial charge in [-0.2, -0.15) is 5.10 Å². The van der Waals surface area contributed by atoms with E-state index in [-0.39, 0.29) is 5.41 Å². The molecule has 1 fully saturated rings. The van der Waals surface area contributed by atoms with E-state index in [1.54, 1.807) is 6.20 Å². The Morgan fingerprint density at radius 2 is 2.32 bits per heavy atom. The lowest BCUT2D eigenvalue weighted by Gasteiger charge is -2.28. The Bertz CT molecular complexity index is 626. The van der Waals surface area contributed by atoms with Crippen LogP contribution in [0.15, 0.2) is 24.5 Å². The molecule has 2 aromatic rings. The van der Waals surface area contributed by atoms with Crippen LogP contribution in [0.25, 0.3) is 11.4 Å². The van der Waals surface area contributed by atoms with Gasteiger partial charge in [-0.25, -0.2) is 0 Å². The molecule has 0 spiro atoms. The summed E-state index contributed by atoms with van der Waals surface area (Å²) >= 11 is 5.44. The van der Waals surface area contributed by atoms with Gasteiger partial charge in [-0.15, -0.1) is 0 Å². The largest absolute Gasteiger partial charge is 0.296 e. The number of rotatable bonds is 2. The van der Waals surface area contributed by atoms with Gasteiger partial charge in [0.1, 0.15) is 0 Å². The van der Waals surface area contributed by atoms with E-state index in [0.29, 0.717) is 10.8 Å². The van der Waals surface area contributed by atoms with Gasteiger partial charge in [-0.1, -0.05) is 20.3 Å². The lowest BCUT2D eigenvalue weighted by molar-refractivity contribution is 0.260. The van der Waals surface area contributed by atoms with Gasteiger partial charge in [-0.3, -0.25) is 14.6 Å². The molecule has 1 aliphatic carbocycles. The van der Waals surface area contributed by atoms with Crippen molar-refractivity contribution in [3.63, 3.8) is 0 Å². The maximum Gasteiger partial charge on any atom is 0.195 e. The number of aromatic nitrogens is 4. The average Bonchev–Trinajstić information content (AvgIpc) is 2.93. The molecule has 0 saturated heterocycles. The fourth-order valence-corrected chi connectivity index (χ4v) is 3.34. The van der Waals surface area contributed by atoms with Gasteiger partial charge >= 0.3 is 0 Å². The van der Waals surface area contributed by atoms with Crippen LogP contribution in [0.2, 0.25) is 0 Å². The third-order valence-corrected chi connectivity index (χ3v) is 4.42. The molecular formula is C14H18N4S. The maximum atomic E-state index is 5.44. The standard InChI is InChI=1S/C14H18N4S/c1-14(2)7-3-6-11(14)18-12(16-17-13(18)19)10-5-4-8-15-9-10/h4-5,8-9,11H,3,6-7H2,1-2H3,(H,17,19). The Kier molecular flexibility index (Phi) is 3.01. The topological polar surface area (TPSA) is 46.5 Å². The van der Waals surface area contributed by atoms with Gasteiger partial charge in [-0.05, 0) is 42.6 Å². The van der Waals surface area contributed by atoms with Crippen molar-refractivity contribution < 1.29 is 0 Å². The second-order valence-electron chi connectivity index (χ2n) is 5.86. The SMILES string of the molecule is CC1(C)CCCC1n1c(-c2cccnc2)n[nH]c1=S. The molecule has 19 heavy (non-hydrogen) atoms. The molecule has 0 radical (unpaired) electrons. The second-order valence-corrected chi connectivity index (χ2v) is 6.25. The molecule has 1 atom stereocenters. The summed E-state index contributed by atoms with van der Waals surface area (Å²) in [7, 11) is 0. The van der Waals surface area contributed by atoms with Gasteiger partial charge in [0.25, 0.3) is 0 Å². The molecule has 0 aliphatic heterocycles. The summed E-state index contributed by atoms with van der Waals surface area (Å²) in [6.45, 7) is 4.62. The Hall–Kier alpha value is -1.49. The van der Waals surface area contributed by atoms with Crippen molar-refractivity contribution in [2.24, 2.45) is 5.41 Å². The molecule has 2 aromatic heterocycles. The number of H-pyrrole nitrogens is 1. The van der Waals surface area contributed by atoms with Gasteiger partial charge in [0, 0.05) is 24.0 Å². The maximum absolute atomic E-state index is 5.44. The summed E-state index contributed by atoms with van der Waals surface area (Å²) in [4.78, 5) is 4.17. The zero-order chi connectivity index (χ0) is 13.5. The minimum Gasteiger partial charge on any atom is -0.296 e. The normalized spacial score (nSPS) is 21.7. The second kappa shape index (κ2) is 4.56. The van der Waals surface area contributed by atoms with Crippen molar-refractivity contribution in [1.29, 1.82) is 0 Å². The van der Waals surface area contributed by atoms with E-state index in [4.69, 9.17) is 12.2 Å².